The summed E-state index contributed by atoms with van der Waals surface area (Å²) < 4.78 is 14.7. The molecule has 2 heterocycles. The van der Waals surface area contributed by atoms with E-state index in [1.165, 1.54) is 18.5 Å². The molecule has 0 atom stereocenters. The second-order valence-electron chi connectivity index (χ2n) is 4.77. The van der Waals surface area contributed by atoms with Crippen molar-refractivity contribution in [1.29, 1.82) is 0 Å². The molecule has 0 unspecified atom stereocenters. The van der Waals surface area contributed by atoms with Gasteiger partial charge in [-0.3, -0.25) is 0 Å². The van der Waals surface area contributed by atoms with E-state index in [2.05, 4.69) is 27.3 Å². The Morgan fingerprint density at radius 3 is 2.76 bits per heavy atom. The predicted octanol–water partition coefficient (Wildman–Crippen LogP) is 3.17. The lowest BCUT2D eigenvalue weighted by Crippen LogP contribution is -2.04. The molecular formula is C15H16FN5. The second-order valence-corrected chi connectivity index (χ2v) is 4.77. The van der Waals surface area contributed by atoms with Crippen LogP contribution >= 0.6 is 0 Å². The molecular weight excluding hydrogens is 269 g/mol. The quantitative estimate of drug-likeness (QED) is 0.732. The third-order valence-electron chi connectivity index (χ3n) is 3.26. The topological polar surface area (TPSA) is 55.6 Å². The molecule has 0 aliphatic heterocycles. The number of nitrogens with one attached hydrogen (secondary N) is 1. The summed E-state index contributed by atoms with van der Waals surface area (Å²) in [6.45, 7) is 3.01. The van der Waals surface area contributed by atoms with Gasteiger partial charge in [0.25, 0.3) is 0 Å². The van der Waals surface area contributed by atoms with Crippen molar-refractivity contribution in [3.63, 3.8) is 0 Å². The number of hydrogen-bond acceptors (Lipinski definition) is 4. The second kappa shape index (κ2) is 5.87. The fourth-order valence-corrected chi connectivity index (χ4v) is 2.14. The van der Waals surface area contributed by atoms with Crippen molar-refractivity contribution in [2.45, 2.75) is 19.8 Å². The Kier molecular flexibility index (Phi) is 3.77. The summed E-state index contributed by atoms with van der Waals surface area (Å²) in [4.78, 5) is 8.55. The number of nitrogens with zero attached hydrogens (tertiary/aromatic N) is 4. The molecule has 3 aromatic rings. The van der Waals surface area contributed by atoms with E-state index < -0.39 is 0 Å². The number of fused-ring (bicyclic) bond motifs is 1. The summed E-state index contributed by atoms with van der Waals surface area (Å²) in [5, 5.41) is 8.49. The predicted molar refractivity (Wildman–Crippen MR) is 80.0 cm³/mol. The number of halogens is 1. The first-order valence-electron chi connectivity index (χ1n) is 6.98. The average Bonchev–Trinajstić information content (AvgIpc) is 2.93. The van der Waals surface area contributed by atoms with E-state index in [0.717, 1.165) is 36.3 Å². The number of aromatic nitrogens is 4. The van der Waals surface area contributed by atoms with Crippen LogP contribution in [-0.4, -0.2) is 26.3 Å². The zero-order valence-electron chi connectivity index (χ0n) is 11.8. The Morgan fingerprint density at radius 2 is 2.00 bits per heavy atom. The summed E-state index contributed by atoms with van der Waals surface area (Å²) in [6.07, 6.45) is 5.44. The Morgan fingerprint density at radius 1 is 1.19 bits per heavy atom. The van der Waals surface area contributed by atoms with Crippen LogP contribution in [0.3, 0.4) is 0 Å². The van der Waals surface area contributed by atoms with Gasteiger partial charge in [-0.1, -0.05) is 13.3 Å². The van der Waals surface area contributed by atoms with Crippen molar-refractivity contribution >= 4 is 16.9 Å². The summed E-state index contributed by atoms with van der Waals surface area (Å²) in [7, 11) is 0. The highest BCUT2D eigenvalue weighted by Crippen LogP contribution is 2.21. The molecule has 0 radical (unpaired) electrons. The molecule has 0 aliphatic carbocycles. The standard InChI is InChI=1S/C15H16FN5/c1-2-3-8-17-14-13-9-20-21(15(13)19-10-18-14)12-6-4-11(16)5-7-12/h4-7,9-10H,2-3,8H2,1H3,(H,17,18,19). The minimum absolute atomic E-state index is 0.272. The fraction of sp³-hybridized carbons (Fsp3) is 0.267. The van der Waals surface area contributed by atoms with E-state index in [4.69, 9.17) is 0 Å². The zero-order valence-corrected chi connectivity index (χ0v) is 11.8. The van der Waals surface area contributed by atoms with Crippen LogP contribution in [0.15, 0.2) is 36.8 Å². The van der Waals surface area contributed by atoms with Crippen molar-refractivity contribution in [2.75, 3.05) is 11.9 Å². The van der Waals surface area contributed by atoms with Crippen LogP contribution in [0.4, 0.5) is 10.2 Å². The van der Waals surface area contributed by atoms with Crippen LogP contribution in [-0.2, 0) is 0 Å². The third-order valence-corrected chi connectivity index (χ3v) is 3.26. The van der Waals surface area contributed by atoms with Crippen molar-refractivity contribution in [1.82, 2.24) is 19.7 Å². The molecule has 6 heteroatoms. The molecule has 1 aromatic carbocycles. The van der Waals surface area contributed by atoms with Gasteiger partial charge in [-0.2, -0.15) is 5.10 Å². The molecule has 2 aromatic heterocycles. The van der Waals surface area contributed by atoms with E-state index in [9.17, 15) is 4.39 Å². The molecule has 0 bridgehead atoms. The largest absolute Gasteiger partial charge is 0.369 e. The normalized spacial score (nSPS) is 11.0. The van der Waals surface area contributed by atoms with E-state index in [1.807, 2.05) is 0 Å². The van der Waals surface area contributed by atoms with Crippen LogP contribution in [0, 0.1) is 5.82 Å². The molecule has 108 valence electrons. The maximum absolute atomic E-state index is 13.0. The summed E-state index contributed by atoms with van der Waals surface area (Å²) in [5.41, 5.74) is 1.47. The molecule has 0 amide bonds. The van der Waals surface area contributed by atoms with E-state index in [-0.39, 0.29) is 5.82 Å². The van der Waals surface area contributed by atoms with Gasteiger partial charge in [0, 0.05) is 6.54 Å². The Bertz CT molecular complexity index is 735. The van der Waals surface area contributed by atoms with E-state index in [0.29, 0.717) is 5.65 Å². The van der Waals surface area contributed by atoms with Crippen LogP contribution in [0.25, 0.3) is 16.7 Å². The van der Waals surface area contributed by atoms with Gasteiger partial charge in [0.2, 0.25) is 0 Å². The van der Waals surface area contributed by atoms with Gasteiger partial charge in [0.05, 0.1) is 17.3 Å². The highest BCUT2D eigenvalue weighted by Gasteiger charge is 2.10. The van der Waals surface area contributed by atoms with Gasteiger partial charge in [0.15, 0.2) is 5.65 Å². The highest BCUT2D eigenvalue weighted by molar-refractivity contribution is 5.87. The SMILES string of the molecule is CCCCNc1ncnc2c1cnn2-c1ccc(F)cc1. The Balaban J connectivity index is 1.98. The van der Waals surface area contributed by atoms with Gasteiger partial charge in [-0.15, -0.1) is 0 Å². The number of rotatable bonds is 5. The molecule has 5 nitrogen and oxygen atoms in total. The number of benzene rings is 1. The van der Waals surface area contributed by atoms with Crippen LogP contribution in [0.1, 0.15) is 19.8 Å². The summed E-state index contributed by atoms with van der Waals surface area (Å²) >= 11 is 0. The van der Waals surface area contributed by atoms with Crippen molar-refractivity contribution in [2.24, 2.45) is 0 Å². The van der Waals surface area contributed by atoms with E-state index >= 15 is 0 Å². The van der Waals surface area contributed by atoms with Gasteiger partial charge in [-0.05, 0) is 30.7 Å². The number of unbranched alkanes of at least 4 members (excludes halogenated alkanes) is 1. The summed E-state index contributed by atoms with van der Waals surface area (Å²) in [6, 6.07) is 6.16. The molecule has 0 fully saturated rings. The zero-order chi connectivity index (χ0) is 14.7. The Hall–Kier alpha value is -2.50. The molecule has 0 aliphatic rings. The van der Waals surface area contributed by atoms with Crippen molar-refractivity contribution in [3.8, 4) is 5.69 Å². The minimum Gasteiger partial charge on any atom is -0.369 e. The van der Waals surface area contributed by atoms with Crippen molar-refractivity contribution in [3.05, 3.63) is 42.6 Å². The average molecular weight is 285 g/mol. The van der Waals surface area contributed by atoms with Gasteiger partial charge >= 0.3 is 0 Å². The lowest BCUT2D eigenvalue weighted by molar-refractivity contribution is 0.627. The van der Waals surface area contributed by atoms with Crippen LogP contribution in [0.5, 0.6) is 0 Å². The summed E-state index contributed by atoms with van der Waals surface area (Å²) in [5.74, 6) is 0.508. The molecule has 0 saturated heterocycles. The Labute approximate surface area is 121 Å². The number of anilines is 1. The first kappa shape index (κ1) is 13.5. The lowest BCUT2D eigenvalue weighted by Gasteiger charge is -2.06. The monoisotopic (exact) mass is 285 g/mol. The van der Waals surface area contributed by atoms with Crippen LogP contribution in [0.2, 0.25) is 0 Å². The van der Waals surface area contributed by atoms with Crippen LogP contribution < -0.4 is 5.32 Å². The third kappa shape index (κ3) is 2.69. The maximum Gasteiger partial charge on any atom is 0.168 e. The minimum atomic E-state index is -0.272. The lowest BCUT2D eigenvalue weighted by atomic mass is 10.3. The van der Waals surface area contributed by atoms with Gasteiger partial charge in [-0.25, -0.2) is 19.0 Å². The molecule has 3 rings (SSSR count). The van der Waals surface area contributed by atoms with Crippen molar-refractivity contribution < 1.29 is 4.39 Å². The molecule has 0 spiro atoms. The maximum atomic E-state index is 13.0. The van der Waals surface area contributed by atoms with Gasteiger partial charge in [0.1, 0.15) is 18.0 Å². The fourth-order valence-electron chi connectivity index (χ4n) is 2.14. The first-order valence-corrected chi connectivity index (χ1v) is 6.98. The smallest absolute Gasteiger partial charge is 0.168 e. The highest BCUT2D eigenvalue weighted by atomic mass is 19.1. The molecule has 1 N–H and O–H groups in total. The molecule has 21 heavy (non-hydrogen) atoms. The van der Waals surface area contributed by atoms with E-state index in [1.54, 1.807) is 23.0 Å². The molecule has 0 saturated carbocycles. The first-order chi connectivity index (χ1) is 10.3. The number of hydrogen-bond donors (Lipinski definition) is 1. The van der Waals surface area contributed by atoms with Gasteiger partial charge < -0.3 is 5.32 Å².